The zero-order valence-corrected chi connectivity index (χ0v) is 21.0. The molecule has 1 aliphatic heterocycles. The summed E-state index contributed by atoms with van der Waals surface area (Å²) < 4.78 is 5.59. The fourth-order valence-corrected chi connectivity index (χ4v) is 6.42. The quantitative estimate of drug-likeness (QED) is 0.451. The molecule has 0 amide bonds. The molecule has 3 aromatic carbocycles. The van der Waals surface area contributed by atoms with Crippen molar-refractivity contribution in [2.24, 2.45) is 0 Å². The fourth-order valence-electron chi connectivity index (χ4n) is 6.42. The highest BCUT2D eigenvalue weighted by Crippen LogP contribution is 2.64. The van der Waals surface area contributed by atoms with Crippen LogP contribution in [0, 0.1) is 0 Å². The molecule has 2 nitrogen and oxygen atoms in total. The Morgan fingerprint density at radius 1 is 0.818 bits per heavy atom. The van der Waals surface area contributed by atoms with E-state index in [0.29, 0.717) is 0 Å². The first-order chi connectivity index (χ1) is 15.6. The third-order valence-electron chi connectivity index (χ3n) is 8.64. The van der Waals surface area contributed by atoms with Crippen molar-refractivity contribution in [1.29, 1.82) is 0 Å². The van der Waals surface area contributed by atoms with E-state index in [-0.39, 0.29) is 21.8 Å². The minimum atomic E-state index is -0.164. The molecule has 1 saturated carbocycles. The highest BCUT2D eigenvalue weighted by atomic mass is 16.5. The topological polar surface area (TPSA) is 21.3 Å². The molecule has 0 aromatic heterocycles. The molecule has 0 bridgehead atoms. The zero-order chi connectivity index (χ0) is 23.5. The summed E-state index contributed by atoms with van der Waals surface area (Å²) in [5.41, 5.74) is 6.97. The van der Waals surface area contributed by atoms with Crippen LogP contribution in [0.3, 0.4) is 0 Å². The second kappa shape index (κ2) is 7.38. The van der Waals surface area contributed by atoms with Gasteiger partial charge >= 0.3 is 0 Å². The largest absolute Gasteiger partial charge is 0.497 e. The summed E-state index contributed by atoms with van der Waals surface area (Å²) in [5.74, 6) is 0.938. The highest BCUT2D eigenvalue weighted by molar-refractivity contribution is 5.68. The minimum Gasteiger partial charge on any atom is -0.497 e. The minimum absolute atomic E-state index is 0.0172. The van der Waals surface area contributed by atoms with Crippen molar-refractivity contribution >= 4 is 5.69 Å². The van der Waals surface area contributed by atoms with Gasteiger partial charge in [0.15, 0.2) is 0 Å². The summed E-state index contributed by atoms with van der Waals surface area (Å²) in [6.45, 7) is 11.9. The first-order valence-corrected chi connectivity index (χ1v) is 12.2. The molecular formula is C31H37NO. The third kappa shape index (κ3) is 3.29. The first kappa shape index (κ1) is 22.1. The summed E-state index contributed by atoms with van der Waals surface area (Å²) in [5, 5.41) is 4.11. The Morgan fingerprint density at radius 2 is 1.55 bits per heavy atom. The molecule has 1 heterocycles. The van der Waals surface area contributed by atoms with Crippen molar-refractivity contribution in [3.63, 3.8) is 0 Å². The van der Waals surface area contributed by atoms with Crippen molar-refractivity contribution < 1.29 is 4.74 Å². The highest BCUT2D eigenvalue weighted by Gasteiger charge is 2.61. The summed E-state index contributed by atoms with van der Waals surface area (Å²) in [6, 6.07) is 27.0. The summed E-state index contributed by atoms with van der Waals surface area (Å²) in [6.07, 6.45) is 3.31. The van der Waals surface area contributed by atoms with Crippen LogP contribution in [0.25, 0.3) is 0 Å². The van der Waals surface area contributed by atoms with Gasteiger partial charge in [0.25, 0.3) is 0 Å². The van der Waals surface area contributed by atoms with Gasteiger partial charge in [-0.3, -0.25) is 0 Å². The predicted octanol–water partition coefficient (Wildman–Crippen LogP) is 7.71. The Balaban J connectivity index is 1.68. The molecule has 1 aliphatic carbocycles. The van der Waals surface area contributed by atoms with E-state index in [9.17, 15) is 0 Å². The Bertz CT molecular complexity index is 1180. The maximum Gasteiger partial charge on any atom is 0.119 e. The van der Waals surface area contributed by atoms with Gasteiger partial charge in [0.05, 0.1) is 12.6 Å². The molecule has 1 fully saturated rings. The Morgan fingerprint density at radius 3 is 2.24 bits per heavy atom. The Kier molecular flexibility index (Phi) is 4.94. The smallest absolute Gasteiger partial charge is 0.119 e. The van der Waals surface area contributed by atoms with Gasteiger partial charge in [-0.2, -0.15) is 0 Å². The van der Waals surface area contributed by atoms with E-state index in [1.54, 1.807) is 7.11 Å². The van der Waals surface area contributed by atoms with Crippen molar-refractivity contribution in [2.45, 2.75) is 75.7 Å². The number of ether oxygens (including phenoxy) is 1. The summed E-state index contributed by atoms with van der Waals surface area (Å²) >= 11 is 0. The van der Waals surface area contributed by atoms with Gasteiger partial charge in [-0.05, 0) is 70.5 Å². The lowest BCUT2D eigenvalue weighted by Crippen LogP contribution is -2.55. The Hall–Kier alpha value is -2.74. The number of hydrogen-bond acceptors (Lipinski definition) is 2. The van der Waals surface area contributed by atoms with Crippen LogP contribution in [-0.4, -0.2) is 7.11 Å². The van der Waals surface area contributed by atoms with Gasteiger partial charge < -0.3 is 10.1 Å². The fraction of sp³-hybridized carbons (Fsp3) is 0.419. The number of nitrogens with one attached hydrogen (secondary N) is 1. The van der Waals surface area contributed by atoms with E-state index in [1.807, 2.05) is 6.07 Å². The normalized spacial score (nSPS) is 28.5. The molecule has 0 saturated heterocycles. The van der Waals surface area contributed by atoms with E-state index in [1.165, 1.54) is 27.9 Å². The van der Waals surface area contributed by atoms with E-state index in [4.69, 9.17) is 4.74 Å². The summed E-state index contributed by atoms with van der Waals surface area (Å²) in [7, 11) is 1.76. The van der Waals surface area contributed by atoms with E-state index in [2.05, 4.69) is 107 Å². The van der Waals surface area contributed by atoms with Crippen LogP contribution >= 0.6 is 0 Å². The summed E-state index contributed by atoms with van der Waals surface area (Å²) in [4.78, 5) is 0. The molecule has 2 aliphatic rings. The molecule has 0 spiro atoms. The maximum absolute atomic E-state index is 5.59. The van der Waals surface area contributed by atoms with Crippen molar-refractivity contribution in [2.75, 3.05) is 12.4 Å². The van der Waals surface area contributed by atoms with Crippen LogP contribution in [0.15, 0.2) is 72.8 Å². The molecule has 3 aromatic rings. The van der Waals surface area contributed by atoms with E-state index < -0.39 is 0 Å². The Labute approximate surface area is 199 Å². The average Bonchev–Trinajstić information content (AvgIpc) is 3.07. The molecule has 5 rings (SSSR count). The maximum atomic E-state index is 5.59. The molecular weight excluding hydrogens is 402 g/mol. The molecule has 3 atom stereocenters. The first-order valence-electron chi connectivity index (χ1n) is 12.2. The lowest BCUT2D eigenvalue weighted by Gasteiger charge is -2.55. The third-order valence-corrected chi connectivity index (χ3v) is 8.64. The van der Waals surface area contributed by atoms with Gasteiger partial charge in [-0.1, -0.05) is 89.2 Å². The average molecular weight is 440 g/mol. The number of benzene rings is 3. The molecule has 0 radical (unpaired) electrons. The lowest BCUT2D eigenvalue weighted by atomic mass is 9.51. The van der Waals surface area contributed by atoms with Crippen LogP contribution < -0.4 is 10.1 Å². The zero-order valence-electron chi connectivity index (χ0n) is 21.0. The van der Waals surface area contributed by atoms with Crippen LogP contribution in [-0.2, 0) is 21.8 Å². The second-order valence-corrected chi connectivity index (χ2v) is 11.7. The standard InChI is InChI=1S/C31H37NO/c1-28(2,3)23-15-16-27-26(20-23)30(5)18-17-29(4,24-13-10-14-25(19-24)33-6)21-31(30,32-27)22-11-8-7-9-12-22/h7-16,19-20,32H,17-18,21H2,1-6H3. The van der Waals surface area contributed by atoms with Crippen LogP contribution in [0.2, 0.25) is 0 Å². The van der Waals surface area contributed by atoms with Crippen LogP contribution in [0.5, 0.6) is 5.75 Å². The van der Waals surface area contributed by atoms with Gasteiger partial charge in [-0.15, -0.1) is 0 Å². The molecule has 33 heavy (non-hydrogen) atoms. The van der Waals surface area contributed by atoms with Crippen LogP contribution in [0.4, 0.5) is 5.69 Å². The van der Waals surface area contributed by atoms with Gasteiger partial charge in [-0.25, -0.2) is 0 Å². The lowest BCUT2D eigenvalue weighted by molar-refractivity contribution is 0.128. The number of anilines is 1. The van der Waals surface area contributed by atoms with E-state index in [0.717, 1.165) is 25.0 Å². The van der Waals surface area contributed by atoms with Gasteiger partial charge in [0, 0.05) is 11.1 Å². The predicted molar refractivity (Wildman–Crippen MR) is 138 cm³/mol. The monoisotopic (exact) mass is 439 g/mol. The number of rotatable bonds is 3. The van der Waals surface area contributed by atoms with Crippen molar-refractivity contribution in [3.8, 4) is 5.75 Å². The molecule has 172 valence electrons. The van der Waals surface area contributed by atoms with E-state index >= 15 is 0 Å². The molecule has 2 heteroatoms. The number of fused-ring (bicyclic) bond motifs is 3. The van der Waals surface area contributed by atoms with Gasteiger partial charge in [0.1, 0.15) is 5.75 Å². The van der Waals surface area contributed by atoms with Crippen molar-refractivity contribution in [3.05, 3.63) is 95.1 Å². The SMILES string of the molecule is COc1cccc(C2(C)CCC3(C)c4cc(C(C)(C)C)ccc4NC3(c3ccccc3)C2)c1. The second-order valence-electron chi connectivity index (χ2n) is 11.7. The molecule has 3 unspecified atom stereocenters. The van der Waals surface area contributed by atoms with Gasteiger partial charge in [0.2, 0.25) is 0 Å². The number of hydrogen-bond donors (Lipinski definition) is 1. The van der Waals surface area contributed by atoms with Crippen LogP contribution in [0.1, 0.15) is 76.1 Å². The molecule has 1 N–H and O–H groups in total. The van der Waals surface area contributed by atoms with Crippen molar-refractivity contribution in [1.82, 2.24) is 0 Å². The number of methoxy groups -OCH3 is 1.